The van der Waals surface area contributed by atoms with Crippen LogP contribution in [0.2, 0.25) is 0 Å². The van der Waals surface area contributed by atoms with Gasteiger partial charge in [-0.2, -0.15) is 0 Å². The first kappa shape index (κ1) is 12.5. The Morgan fingerprint density at radius 2 is 1.81 bits per heavy atom. The molecule has 0 heterocycles. The van der Waals surface area contributed by atoms with E-state index in [1.54, 1.807) is 0 Å². The minimum atomic E-state index is -1.61. The van der Waals surface area contributed by atoms with Gasteiger partial charge in [0.15, 0.2) is 17.5 Å². The van der Waals surface area contributed by atoms with Crippen molar-refractivity contribution < 1.29 is 23.1 Å². The summed E-state index contributed by atoms with van der Waals surface area (Å²) in [5.74, 6) is -5.13. The van der Waals surface area contributed by atoms with Gasteiger partial charge in [-0.05, 0) is 12.1 Å². The maximum atomic E-state index is 12.8. The van der Waals surface area contributed by atoms with Crippen molar-refractivity contribution in [2.75, 3.05) is 20.2 Å². The molecule has 3 nitrogen and oxygen atoms in total. The maximum Gasteiger partial charge on any atom is 0.253 e. The topological polar surface area (TPSA) is 40.5 Å². The number of hydrogen-bond acceptors (Lipinski definition) is 2. The van der Waals surface area contributed by atoms with Crippen LogP contribution in [-0.2, 0) is 0 Å². The number of rotatable bonds is 3. The molecule has 0 aromatic heterocycles. The summed E-state index contributed by atoms with van der Waals surface area (Å²) in [5.41, 5.74) is -0.299. The first-order valence-electron chi connectivity index (χ1n) is 4.48. The third-order valence-electron chi connectivity index (χ3n) is 2.01. The fraction of sp³-hybridized carbons (Fsp3) is 0.300. The van der Waals surface area contributed by atoms with Crippen LogP contribution in [-0.4, -0.2) is 36.1 Å². The van der Waals surface area contributed by atoms with E-state index in [4.69, 9.17) is 5.11 Å². The van der Waals surface area contributed by atoms with Gasteiger partial charge in [-0.3, -0.25) is 4.79 Å². The predicted molar refractivity (Wildman–Crippen MR) is 50.4 cm³/mol. The van der Waals surface area contributed by atoms with Gasteiger partial charge in [-0.1, -0.05) is 0 Å². The molecule has 16 heavy (non-hydrogen) atoms. The second-order valence-electron chi connectivity index (χ2n) is 3.20. The van der Waals surface area contributed by atoms with E-state index in [-0.39, 0.29) is 18.7 Å². The highest BCUT2D eigenvalue weighted by molar-refractivity contribution is 5.94. The average molecular weight is 233 g/mol. The van der Waals surface area contributed by atoms with Gasteiger partial charge < -0.3 is 10.0 Å². The Hall–Kier alpha value is -1.56. The molecule has 0 aliphatic rings. The van der Waals surface area contributed by atoms with E-state index in [0.29, 0.717) is 12.1 Å². The molecule has 1 aromatic carbocycles. The van der Waals surface area contributed by atoms with E-state index < -0.39 is 23.4 Å². The Bertz CT molecular complexity index is 386. The number of benzene rings is 1. The Balaban J connectivity index is 3.01. The van der Waals surface area contributed by atoms with E-state index in [1.165, 1.54) is 7.05 Å². The van der Waals surface area contributed by atoms with Gasteiger partial charge in [0.25, 0.3) is 5.91 Å². The molecular formula is C10H10F3NO2. The second kappa shape index (κ2) is 4.98. The number of carbonyl (C=O) groups is 1. The Morgan fingerprint density at radius 3 is 2.25 bits per heavy atom. The van der Waals surface area contributed by atoms with Gasteiger partial charge >= 0.3 is 0 Å². The zero-order chi connectivity index (χ0) is 12.3. The zero-order valence-corrected chi connectivity index (χ0v) is 8.51. The number of halogens is 3. The lowest BCUT2D eigenvalue weighted by Gasteiger charge is -2.15. The summed E-state index contributed by atoms with van der Waals surface area (Å²) in [5, 5.41) is 8.58. The number of nitrogens with zero attached hydrogens (tertiary/aromatic N) is 1. The van der Waals surface area contributed by atoms with Crippen molar-refractivity contribution in [3.63, 3.8) is 0 Å². The third kappa shape index (κ3) is 2.52. The van der Waals surface area contributed by atoms with Crippen LogP contribution < -0.4 is 0 Å². The number of likely N-dealkylation sites (N-methyl/N-ethyl adjacent to an activating group) is 1. The van der Waals surface area contributed by atoms with E-state index in [0.717, 1.165) is 4.90 Å². The smallest absolute Gasteiger partial charge is 0.253 e. The minimum Gasteiger partial charge on any atom is -0.395 e. The molecule has 0 saturated carbocycles. The van der Waals surface area contributed by atoms with Gasteiger partial charge in [0.05, 0.1) is 6.61 Å². The molecular weight excluding hydrogens is 223 g/mol. The third-order valence-corrected chi connectivity index (χ3v) is 2.01. The Kier molecular flexibility index (Phi) is 3.89. The fourth-order valence-electron chi connectivity index (χ4n) is 1.15. The maximum absolute atomic E-state index is 12.8. The summed E-state index contributed by atoms with van der Waals surface area (Å²) in [6.07, 6.45) is 0. The van der Waals surface area contributed by atoms with Crippen LogP contribution in [0.4, 0.5) is 13.2 Å². The molecule has 0 aliphatic carbocycles. The lowest BCUT2D eigenvalue weighted by molar-refractivity contribution is 0.0765. The molecule has 1 amide bonds. The molecule has 0 spiro atoms. The number of aliphatic hydroxyl groups excluding tert-OH is 1. The van der Waals surface area contributed by atoms with E-state index in [2.05, 4.69) is 0 Å². The molecule has 0 saturated heterocycles. The van der Waals surface area contributed by atoms with Crippen LogP contribution >= 0.6 is 0 Å². The molecule has 0 radical (unpaired) electrons. The van der Waals surface area contributed by atoms with Crippen molar-refractivity contribution in [1.82, 2.24) is 4.90 Å². The van der Waals surface area contributed by atoms with Crippen LogP contribution in [0.1, 0.15) is 10.4 Å². The van der Waals surface area contributed by atoms with Crippen LogP contribution in [0.3, 0.4) is 0 Å². The van der Waals surface area contributed by atoms with Crippen molar-refractivity contribution in [3.8, 4) is 0 Å². The van der Waals surface area contributed by atoms with Gasteiger partial charge in [-0.25, -0.2) is 13.2 Å². The highest BCUT2D eigenvalue weighted by Gasteiger charge is 2.17. The minimum absolute atomic E-state index is 0.0272. The summed E-state index contributed by atoms with van der Waals surface area (Å²) >= 11 is 0. The van der Waals surface area contributed by atoms with Gasteiger partial charge in [0.1, 0.15) is 0 Å². The average Bonchev–Trinajstić information content (AvgIpc) is 2.24. The summed E-state index contributed by atoms with van der Waals surface area (Å²) in [6.45, 7) is -0.242. The Morgan fingerprint density at radius 1 is 1.31 bits per heavy atom. The zero-order valence-electron chi connectivity index (χ0n) is 8.51. The molecule has 6 heteroatoms. The summed E-state index contributed by atoms with van der Waals surface area (Å²) < 4.78 is 38.2. The van der Waals surface area contributed by atoms with E-state index in [1.807, 2.05) is 0 Å². The number of amides is 1. The fourth-order valence-corrected chi connectivity index (χ4v) is 1.15. The lowest BCUT2D eigenvalue weighted by atomic mass is 10.2. The van der Waals surface area contributed by atoms with Crippen LogP contribution in [0.5, 0.6) is 0 Å². The van der Waals surface area contributed by atoms with Crippen LogP contribution in [0.15, 0.2) is 12.1 Å². The van der Waals surface area contributed by atoms with Crippen molar-refractivity contribution >= 4 is 5.91 Å². The van der Waals surface area contributed by atoms with E-state index in [9.17, 15) is 18.0 Å². The van der Waals surface area contributed by atoms with Crippen molar-refractivity contribution in [3.05, 3.63) is 35.1 Å². The monoisotopic (exact) mass is 233 g/mol. The number of aliphatic hydroxyl groups is 1. The van der Waals surface area contributed by atoms with Gasteiger partial charge in [-0.15, -0.1) is 0 Å². The van der Waals surface area contributed by atoms with Gasteiger partial charge in [0.2, 0.25) is 0 Å². The molecule has 1 aromatic rings. The molecule has 0 fully saturated rings. The van der Waals surface area contributed by atoms with Crippen molar-refractivity contribution in [2.24, 2.45) is 0 Å². The normalized spacial score (nSPS) is 10.3. The lowest BCUT2D eigenvalue weighted by Crippen LogP contribution is -2.29. The Labute approximate surface area is 90.1 Å². The molecule has 0 aliphatic heterocycles. The highest BCUT2D eigenvalue weighted by Crippen LogP contribution is 2.14. The van der Waals surface area contributed by atoms with E-state index >= 15 is 0 Å². The van der Waals surface area contributed by atoms with Gasteiger partial charge in [0, 0.05) is 19.2 Å². The SMILES string of the molecule is CN(CCO)C(=O)c1cc(F)c(F)c(F)c1. The quantitative estimate of drug-likeness (QED) is 0.796. The molecule has 0 bridgehead atoms. The molecule has 0 unspecified atom stereocenters. The first-order chi connectivity index (χ1) is 7.47. The van der Waals surface area contributed by atoms with Crippen LogP contribution in [0.25, 0.3) is 0 Å². The highest BCUT2D eigenvalue weighted by atomic mass is 19.2. The summed E-state index contributed by atoms with van der Waals surface area (Å²) in [6, 6.07) is 1.24. The number of hydrogen-bond donors (Lipinski definition) is 1. The first-order valence-corrected chi connectivity index (χ1v) is 4.48. The van der Waals surface area contributed by atoms with Crippen molar-refractivity contribution in [2.45, 2.75) is 0 Å². The largest absolute Gasteiger partial charge is 0.395 e. The van der Waals surface area contributed by atoms with Crippen LogP contribution in [0, 0.1) is 17.5 Å². The molecule has 88 valence electrons. The van der Waals surface area contributed by atoms with Crippen molar-refractivity contribution in [1.29, 1.82) is 0 Å². The second-order valence-corrected chi connectivity index (χ2v) is 3.20. The molecule has 1 N–H and O–H groups in total. The standard InChI is InChI=1S/C10H10F3NO2/c1-14(2-3-15)10(16)6-4-7(11)9(13)8(12)5-6/h4-5,15H,2-3H2,1H3. The molecule has 1 rings (SSSR count). The predicted octanol–water partition coefficient (Wildman–Crippen LogP) is 1.17. The number of carbonyl (C=O) groups excluding carboxylic acids is 1. The summed E-state index contributed by atoms with van der Waals surface area (Å²) in [7, 11) is 1.36. The molecule has 0 atom stereocenters. The summed E-state index contributed by atoms with van der Waals surface area (Å²) in [4.78, 5) is 12.6.